The van der Waals surface area contributed by atoms with Crippen LogP contribution in [0.25, 0.3) is 0 Å². The molecule has 17 heavy (non-hydrogen) atoms. The molecule has 0 spiro atoms. The van der Waals surface area contributed by atoms with Gasteiger partial charge in [-0.15, -0.1) is 0 Å². The van der Waals surface area contributed by atoms with E-state index in [9.17, 15) is 4.79 Å². The summed E-state index contributed by atoms with van der Waals surface area (Å²) in [6, 6.07) is 0. The van der Waals surface area contributed by atoms with Gasteiger partial charge in [0.2, 0.25) is 4.51 Å². The monoisotopic (exact) mass is 324 g/mol. The lowest BCUT2D eigenvalue weighted by atomic mass is 9.89. The third kappa shape index (κ3) is 7.21. The van der Waals surface area contributed by atoms with Crippen molar-refractivity contribution in [3.8, 4) is 0 Å². The minimum atomic E-state index is -1.30. The first-order valence-corrected chi connectivity index (χ1v) is 9.63. The Morgan fingerprint density at radius 2 is 1.76 bits per heavy atom. The lowest BCUT2D eigenvalue weighted by molar-refractivity contribution is -0.151. The van der Waals surface area contributed by atoms with Gasteiger partial charge < -0.3 is 9.16 Å². The van der Waals surface area contributed by atoms with Crippen molar-refractivity contribution in [3.05, 3.63) is 0 Å². The van der Waals surface area contributed by atoms with Crippen molar-refractivity contribution >= 4 is 30.9 Å². The third-order valence-corrected chi connectivity index (χ3v) is 4.46. The third-order valence-electron chi connectivity index (χ3n) is 2.34. The van der Waals surface area contributed by atoms with Crippen molar-refractivity contribution in [2.45, 2.75) is 57.6 Å². The van der Waals surface area contributed by atoms with Crippen LogP contribution in [0.1, 0.15) is 40.0 Å². The Morgan fingerprint density at radius 1 is 1.24 bits per heavy atom. The summed E-state index contributed by atoms with van der Waals surface area (Å²) in [5.74, 6) is -0.326. The molecule has 0 saturated heterocycles. The number of carbonyl (C=O) groups excluding carboxylic acids is 1. The summed E-state index contributed by atoms with van der Waals surface area (Å²) in [6.07, 6.45) is 2.65. The summed E-state index contributed by atoms with van der Waals surface area (Å²) >= 11 is 3.42. The predicted molar refractivity (Wildman–Crippen MR) is 76.9 cm³/mol. The number of rotatable bonds is 6. The van der Waals surface area contributed by atoms with Gasteiger partial charge in [-0.3, -0.25) is 0 Å². The second kappa shape index (κ2) is 6.90. The van der Waals surface area contributed by atoms with E-state index in [1.165, 1.54) is 7.11 Å². The number of halogens is 1. The van der Waals surface area contributed by atoms with Crippen LogP contribution in [0.3, 0.4) is 0 Å². The van der Waals surface area contributed by atoms with Crippen molar-refractivity contribution in [1.82, 2.24) is 0 Å². The van der Waals surface area contributed by atoms with E-state index < -0.39 is 13.6 Å². The van der Waals surface area contributed by atoms with E-state index >= 15 is 0 Å². The summed E-state index contributed by atoms with van der Waals surface area (Å²) in [5.41, 5.74) is 0.277. The highest BCUT2D eigenvalue weighted by molar-refractivity contribution is 9.10. The van der Waals surface area contributed by atoms with Gasteiger partial charge in [0.1, 0.15) is 0 Å². The second-order valence-corrected chi connectivity index (χ2v) is 9.42. The molecule has 0 saturated carbocycles. The minimum Gasteiger partial charge on any atom is -0.466 e. The van der Waals surface area contributed by atoms with E-state index in [2.05, 4.69) is 36.7 Å². The fourth-order valence-electron chi connectivity index (χ4n) is 1.58. The van der Waals surface area contributed by atoms with Gasteiger partial charge in [-0.2, -0.15) is 0 Å². The van der Waals surface area contributed by atoms with Gasteiger partial charge in [0, 0.05) is 0 Å². The average Bonchev–Trinajstić information content (AvgIpc) is 2.13. The molecule has 0 fully saturated rings. The van der Waals surface area contributed by atoms with E-state index in [1.807, 2.05) is 13.1 Å². The summed E-state index contributed by atoms with van der Waals surface area (Å²) in [7, 11) is 0.0983. The molecular weight excluding hydrogens is 300 g/mol. The molecule has 1 unspecified atom stereocenters. The lowest BCUT2D eigenvalue weighted by Crippen LogP contribution is -2.39. The molecule has 102 valence electrons. The zero-order chi connectivity index (χ0) is 13.7. The van der Waals surface area contributed by atoms with Crippen LogP contribution in [-0.4, -0.2) is 26.6 Å². The molecule has 3 nitrogen and oxygen atoms in total. The number of hydrogen-bond donors (Lipinski definition) is 0. The number of carbonyl (C=O) groups is 1. The molecule has 0 bridgehead atoms. The highest BCUT2D eigenvalue weighted by Gasteiger charge is 2.38. The van der Waals surface area contributed by atoms with E-state index in [0.29, 0.717) is 6.42 Å². The summed E-state index contributed by atoms with van der Waals surface area (Å²) < 4.78 is 9.66. The summed E-state index contributed by atoms with van der Waals surface area (Å²) in [6.45, 7) is 10.7. The molecular formula is C12H25BrO3Si. The van der Waals surface area contributed by atoms with Crippen LogP contribution in [0.5, 0.6) is 0 Å². The zero-order valence-corrected chi connectivity index (χ0v) is 14.5. The molecule has 1 atom stereocenters. The van der Waals surface area contributed by atoms with E-state index in [0.717, 1.165) is 12.8 Å². The molecule has 0 aromatic carbocycles. The first kappa shape index (κ1) is 17.1. The van der Waals surface area contributed by atoms with Gasteiger partial charge in [-0.1, -0.05) is 20.8 Å². The Labute approximate surface area is 115 Å². The van der Waals surface area contributed by atoms with Gasteiger partial charge in [0.15, 0.2) is 9.04 Å². The van der Waals surface area contributed by atoms with Crippen molar-refractivity contribution in [2.75, 3.05) is 7.11 Å². The average molecular weight is 325 g/mol. The van der Waals surface area contributed by atoms with Crippen LogP contribution >= 0.6 is 15.9 Å². The number of ether oxygens (including phenoxy) is 1. The molecule has 0 N–H and O–H groups in total. The minimum absolute atomic E-state index is 0.277. The molecule has 0 aromatic rings. The van der Waals surface area contributed by atoms with Crippen molar-refractivity contribution in [3.63, 3.8) is 0 Å². The maximum Gasteiger partial charge on any atom is 0.348 e. The van der Waals surface area contributed by atoms with Crippen LogP contribution in [0.2, 0.25) is 13.1 Å². The van der Waals surface area contributed by atoms with Gasteiger partial charge >= 0.3 is 5.97 Å². The first-order valence-electron chi connectivity index (χ1n) is 6.06. The second-order valence-electron chi connectivity index (χ2n) is 5.80. The van der Waals surface area contributed by atoms with Crippen LogP contribution in [0, 0.1) is 5.41 Å². The number of hydrogen-bond acceptors (Lipinski definition) is 3. The Hall–Kier alpha value is 0.127. The molecule has 0 rings (SSSR count). The van der Waals surface area contributed by atoms with Crippen molar-refractivity contribution in [1.29, 1.82) is 0 Å². The highest BCUT2D eigenvalue weighted by Crippen LogP contribution is 2.32. The number of esters is 1. The SMILES string of the molecule is COC(=O)C(Br)(CCCC(C)(C)C)O[SiH](C)C. The molecule has 0 amide bonds. The molecule has 0 aliphatic rings. The van der Waals surface area contributed by atoms with Gasteiger partial charge in [0.25, 0.3) is 0 Å². The maximum atomic E-state index is 11.8. The standard InChI is InChI=1S/C12H25BrO3Si/c1-11(2,3)8-7-9-12(13,10(14)15-4)16-17(5)6/h17H,7-9H2,1-6H3. The van der Waals surface area contributed by atoms with E-state index in [1.54, 1.807) is 0 Å². The predicted octanol–water partition coefficient (Wildman–Crippen LogP) is 3.47. The Morgan fingerprint density at radius 3 is 2.12 bits per heavy atom. The summed E-state index contributed by atoms with van der Waals surface area (Å²) in [4.78, 5) is 11.8. The molecule has 0 heterocycles. The van der Waals surface area contributed by atoms with E-state index in [4.69, 9.17) is 9.16 Å². The van der Waals surface area contributed by atoms with Crippen molar-refractivity contribution in [2.24, 2.45) is 5.41 Å². The normalized spacial score (nSPS) is 15.8. The summed E-state index contributed by atoms with van der Waals surface area (Å²) in [5, 5.41) is 0. The lowest BCUT2D eigenvalue weighted by Gasteiger charge is -2.28. The fraction of sp³-hybridized carbons (Fsp3) is 0.917. The molecule has 0 aliphatic carbocycles. The smallest absolute Gasteiger partial charge is 0.348 e. The quantitative estimate of drug-likeness (QED) is 0.426. The highest BCUT2D eigenvalue weighted by atomic mass is 79.9. The molecule has 0 aliphatic heterocycles. The van der Waals surface area contributed by atoms with Gasteiger partial charge in [-0.25, -0.2) is 4.79 Å². The van der Waals surface area contributed by atoms with Crippen LogP contribution in [0.15, 0.2) is 0 Å². The number of methoxy groups -OCH3 is 1. The zero-order valence-electron chi connectivity index (χ0n) is 11.8. The van der Waals surface area contributed by atoms with Gasteiger partial charge in [0.05, 0.1) is 7.11 Å². The maximum absolute atomic E-state index is 11.8. The molecule has 0 radical (unpaired) electrons. The Balaban J connectivity index is 4.45. The molecule has 5 heteroatoms. The van der Waals surface area contributed by atoms with Crippen molar-refractivity contribution < 1.29 is 14.0 Å². The first-order chi connectivity index (χ1) is 7.60. The fourth-order valence-corrected chi connectivity index (χ4v) is 4.11. The topological polar surface area (TPSA) is 35.5 Å². The van der Waals surface area contributed by atoms with E-state index in [-0.39, 0.29) is 11.4 Å². The Kier molecular flexibility index (Phi) is 6.95. The largest absolute Gasteiger partial charge is 0.466 e. The van der Waals surface area contributed by atoms with Crippen LogP contribution in [0.4, 0.5) is 0 Å². The van der Waals surface area contributed by atoms with Crippen LogP contribution in [-0.2, 0) is 14.0 Å². The van der Waals surface area contributed by atoms with Crippen LogP contribution < -0.4 is 0 Å². The van der Waals surface area contributed by atoms with Gasteiger partial charge in [-0.05, 0) is 53.7 Å². The number of alkyl halides is 1. The molecule has 0 aromatic heterocycles. The Bertz CT molecular complexity index is 251.